The van der Waals surface area contributed by atoms with E-state index in [1.807, 2.05) is 0 Å². The second-order valence-corrected chi connectivity index (χ2v) is 2.76. The molecule has 1 aliphatic carbocycles. The van der Waals surface area contributed by atoms with Crippen molar-refractivity contribution in [2.45, 2.75) is 24.4 Å². The Bertz CT molecular complexity index is 132. The largest absolute Gasteiger partial charge is 0.296 e. The van der Waals surface area contributed by atoms with Gasteiger partial charge in [-0.25, -0.2) is 13.2 Å². The highest BCUT2D eigenvalue weighted by Crippen LogP contribution is 2.57. The third kappa shape index (κ3) is 0.741. The van der Waals surface area contributed by atoms with E-state index in [4.69, 9.17) is 11.6 Å². The van der Waals surface area contributed by atoms with Crippen LogP contribution in [0.4, 0.5) is 13.2 Å². The fourth-order valence-electron chi connectivity index (χ4n) is 0.761. The second-order valence-electron chi connectivity index (χ2n) is 2.24. The van der Waals surface area contributed by atoms with Crippen LogP contribution >= 0.6 is 11.6 Å². The maximum Gasteiger partial charge on any atom is 0.296 e. The van der Waals surface area contributed by atoms with Crippen molar-refractivity contribution in [1.29, 1.82) is 0 Å². The summed E-state index contributed by atoms with van der Waals surface area (Å²) in [4.78, 5) is 0. The van der Waals surface area contributed by atoms with E-state index in [1.54, 1.807) is 0 Å². The summed E-state index contributed by atoms with van der Waals surface area (Å²) in [5.74, 6) is -3.34. The van der Waals surface area contributed by atoms with Crippen LogP contribution in [0.5, 0.6) is 0 Å². The molecular formula is C5H5ClF3. The Morgan fingerprint density at radius 3 is 1.89 bits per heavy atom. The van der Waals surface area contributed by atoms with Crippen molar-refractivity contribution in [3.8, 4) is 0 Å². The number of alkyl halides is 4. The second kappa shape index (κ2) is 1.57. The van der Waals surface area contributed by atoms with Crippen molar-refractivity contribution in [2.75, 3.05) is 0 Å². The third-order valence-electron chi connectivity index (χ3n) is 1.48. The zero-order chi connectivity index (χ0) is 7.28. The van der Waals surface area contributed by atoms with Gasteiger partial charge in [0.25, 0.3) is 11.1 Å². The van der Waals surface area contributed by atoms with E-state index < -0.39 is 17.5 Å². The first-order valence-electron chi connectivity index (χ1n) is 2.46. The Morgan fingerprint density at radius 1 is 1.44 bits per heavy atom. The molecule has 4 heteroatoms. The highest BCUT2D eigenvalue weighted by atomic mass is 35.5. The van der Waals surface area contributed by atoms with Crippen LogP contribution in [0.2, 0.25) is 0 Å². The molecule has 53 valence electrons. The van der Waals surface area contributed by atoms with Crippen LogP contribution in [-0.2, 0) is 0 Å². The molecule has 1 saturated carbocycles. The van der Waals surface area contributed by atoms with Crippen molar-refractivity contribution in [1.82, 2.24) is 0 Å². The van der Waals surface area contributed by atoms with Crippen LogP contribution in [-0.4, -0.2) is 11.1 Å². The predicted octanol–water partition coefficient (Wildman–Crippen LogP) is 2.52. The van der Waals surface area contributed by atoms with Crippen molar-refractivity contribution in [2.24, 2.45) is 0 Å². The Kier molecular flexibility index (Phi) is 1.25. The van der Waals surface area contributed by atoms with Gasteiger partial charge in [-0.05, 0) is 0 Å². The standard InChI is InChI=1S/C5H5ClF3/c1-3-2-4(7,8)5(3,6)9/h2H2,1H3. The highest BCUT2D eigenvalue weighted by Gasteiger charge is 2.67. The van der Waals surface area contributed by atoms with Crippen molar-refractivity contribution >= 4 is 11.6 Å². The molecule has 0 nitrogen and oxygen atoms in total. The number of halogens is 4. The summed E-state index contributed by atoms with van der Waals surface area (Å²) in [6.07, 6.45) is -0.521. The fourth-order valence-corrected chi connectivity index (χ4v) is 0.894. The molecule has 0 bridgehead atoms. The lowest BCUT2D eigenvalue weighted by atomic mass is 9.80. The van der Waals surface area contributed by atoms with Gasteiger partial charge in [0, 0.05) is 12.3 Å². The average molecular weight is 158 g/mol. The third-order valence-corrected chi connectivity index (χ3v) is 2.08. The minimum Gasteiger partial charge on any atom is -0.219 e. The minimum absolute atomic E-state index is 0.00849. The molecule has 0 N–H and O–H groups in total. The summed E-state index contributed by atoms with van der Waals surface area (Å²) in [6.45, 7) is 1.28. The predicted molar refractivity (Wildman–Crippen MR) is 28.2 cm³/mol. The van der Waals surface area contributed by atoms with E-state index in [0.717, 1.165) is 0 Å². The van der Waals surface area contributed by atoms with Crippen LogP contribution < -0.4 is 0 Å². The molecule has 1 aliphatic rings. The maximum atomic E-state index is 12.4. The Balaban J connectivity index is 2.70. The van der Waals surface area contributed by atoms with Gasteiger partial charge >= 0.3 is 0 Å². The highest BCUT2D eigenvalue weighted by molar-refractivity contribution is 6.26. The normalized spacial score (nSPS) is 42.3. The smallest absolute Gasteiger partial charge is 0.219 e. The zero-order valence-electron chi connectivity index (χ0n) is 4.72. The molecule has 1 fully saturated rings. The summed E-state index contributed by atoms with van der Waals surface area (Å²) in [5, 5.41) is -2.87. The Morgan fingerprint density at radius 2 is 1.89 bits per heavy atom. The monoisotopic (exact) mass is 157 g/mol. The van der Waals surface area contributed by atoms with Gasteiger partial charge in [-0.1, -0.05) is 18.5 Å². The molecule has 0 spiro atoms. The van der Waals surface area contributed by atoms with Crippen molar-refractivity contribution in [3.63, 3.8) is 0 Å². The van der Waals surface area contributed by atoms with Gasteiger partial charge in [-0.3, -0.25) is 0 Å². The van der Waals surface area contributed by atoms with Crippen LogP contribution in [0.1, 0.15) is 13.3 Å². The molecule has 1 atom stereocenters. The van der Waals surface area contributed by atoms with Crippen LogP contribution in [0.25, 0.3) is 0 Å². The van der Waals surface area contributed by atoms with Gasteiger partial charge < -0.3 is 0 Å². The van der Waals surface area contributed by atoms with Crippen LogP contribution in [0.15, 0.2) is 0 Å². The molecule has 0 saturated heterocycles. The van der Waals surface area contributed by atoms with E-state index >= 15 is 0 Å². The zero-order valence-corrected chi connectivity index (χ0v) is 5.47. The van der Waals surface area contributed by atoms with Gasteiger partial charge in [0.2, 0.25) is 0 Å². The Labute approximate surface area is 56.0 Å². The first-order chi connectivity index (χ1) is 3.88. The van der Waals surface area contributed by atoms with Crippen molar-refractivity contribution in [3.05, 3.63) is 5.92 Å². The van der Waals surface area contributed by atoms with E-state index in [0.29, 0.717) is 0 Å². The molecule has 0 aromatic heterocycles. The number of hydrogen-bond donors (Lipinski definition) is 0. The molecular weight excluding hydrogens is 153 g/mol. The fraction of sp³-hybridized carbons (Fsp3) is 0.800. The lowest BCUT2D eigenvalue weighted by molar-refractivity contribution is -0.145. The quantitative estimate of drug-likeness (QED) is 0.474. The van der Waals surface area contributed by atoms with Gasteiger partial charge in [-0.2, -0.15) is 0 Å². The molecule has 0 aromatic rings. The summed E-state index contributed by atoms with van der Waals surface area (Å²) >= 11 is 4.79. The molecule has 0 aromatic carbocycles. The van der Waals surface area contributed by atoms with Crippen molar-refractivity contribution < 1.29 is 13.2 Å². The first-order valence-corrected chi connectivity index (χ1v) is 2.84. The molecule has 1 rings (SSSR count). The first kappa shape index (κ1) is 7.19. The van der Waals surface area contributed by atoms with E-state index in [-0.39, 0.29) is 5.92 Å². The average Bonchev–Trinajstić information content (AvgIpc) is 1.65. The summed E-state index contributed by atoms with van der Waals surface area (Å²) in [5.41, 5.74) is 0. The van der Waals surface area contributed by atoms with E-state index in [1.165, 1.54) is 6.92 Å². The van der Waals surface area contributed by atoms with Crippen LogP contribution in [0.3, 0.4) is 0 Å². The number of rotatable bonds is 0. The Hall–Kier alpha value is 0.0800. The summed E-state index contributed by atoms with van der Waals surface area (Å²) in [7, 11) is 0. The van der Waals surface area contributed by atoms with Crippen LogP contribution in [0, 0.1) is 5.92 Å². The maximum absolute atomic E-state index is 12.4. The molecule has 1 radical (unpaired) electrons. The molecule has 9 heavy (non-hydrogen) atoms. The van der Waals surface area contributed by atoms with E-state index in [2.05, 4.69) is 0 Å². The lowest BCUT2D eigenvalue weighted by Crippen LogP contribution is -2.55. The van der Waals surface area contributed by atoms with Gasteiger partial charge in [-0.15, -0.1) is 0 Å². The topological polar surface area (TPSA) is 0 Å². The van der Waals surface area contributed by atoms with Gasteiger partial charge in [0.15, 0.2) is 0 Å². The lowest BCUT2D eigenvalue weighted by Gasteiger charge is -2.42. The van der Waals surface area contributed by atoms with Gasteiger partial charge in [0.05, 0.1) is 0 Å². The number of hydrogen-bond acceptors (Lipinski definition) is 0. The minimum atomic E-state index is -3.35. The SMILES string of the molecule is C[C]1CC(F)(F)C1(F)Cl. The molecule has 0 amide bonds. The van der Waals surface area contributed by atoms with E-state index in [9.17, 15) is 13.2 Å². The molecule has 1 unspecified atom stereocenters. The van der Waals surface area contributed by atoms with Gasteiger partial charge in [0.1, 0.15) is 0 Å². The molecule has 0 heterocycles. The summed E-state index contributed by atoms with van der Waals surface area (Å²) < 4.78 is 36.4. The summed E-state index contributed by atoms with van der Waals surface area (Å²) in [6, 6.07) is 0. The molecule has 0 aliphatic heterocycles.